The predicted octanol–water partition coefficient (Wildman–Crippen LogP) is 1.86. The molecule has 1 aliphatic heterocycles. The summed E-state index contributed by atoms with van der Waals surface area (Å²) in [6, 6.07) is 3.37. The van der Waals surface area contributed by atoms with Crippen molar-refractivity contribution in [3.8, 4) is 0 Å². The number of thiophene rings is 1. The van der Waals surface area contributed by atoms with Gasteiger partial charge in [0.05, 0.1) is 5.71 Å². The molecule has 1 aromatic rings. The monoisotopic (exact) mass is 272 g/mol. The molecule has 0 spiro atoms. The van der Waals surface area contributed by atoms with E-state index in [1.807, 2.05) is 6.07 Å². The van der Waals surface area contributed by atoms with Crippen LogP contribution in [0.1, 0.15) is 25.1 Å². The van der Waals surface area contributed by atoms with Crippen LogP contribution in [0.15, 0.2) is 21.3 Å². The van der Waals surface area contributed by atoms with E-state index in [0.717, 1.165) is 23.6 Å². The van der Waals surface area contributed by atoms with Crippen molar-refractivity contribution in [1.82, 2.24) is 0 Å². The molecule has 2 N–H and O–H groups in total. The molecule has 0 unspecified atom stereocenters. The number of hydrogen-bond donors (Lipinski definition) is 1. The van der Waals surface area contributed by atoms with Crippen molar-refractivity contribution in [3.05, 3.63) is 17.0 Å². The second-order valence-electron chi connectivity index (χ2n) is 4.57. The highest BCUT2D eigenvalue weighted by molar-refractivity contribution is 7.91. The number of nitrogens with zero attached hydrogens (tertiary/aromatic N) is 1. The molecule has 0 saturated carbocycles. The Morgan fingerprint density at radius 1 is 1.47 bits per heavy atom. The topological polar surface area (TPSA) is 72.5 Å². The summed E-state index contributed by atoms with van der Waals surface area (Å²) in [5.74, 6) is 0.957. The van der Waals surface area contributed by atoms with Gasteiger partial charge in [-0.05, 0) is 24.5 Å². The standard InChI is InChI=1S/C11H16N2O2S2/c1-7(2)8-5-6-13-11(8)9-3-4-10(16-9)17(12,14)15/h3-4,7-8H,5-6H2,1-2H3,(H2,12,14,15)/t8-/m0/s1. The zero-order valence-corrected chi connectivity index (χ0v) is 11.5. The average Bonchev–Trinajstić information content (AvgIpc) is 2.85. The first kappa shape index (κ1) is 12.7. The van der Waals surface area contributed by atoms with Crippen LogP contribution in [-0.4, -0.2) is 20.7 Å². The van der Waals surface area contributed by atoms with Crippen molar-refractivity contribution in [3.63, 3.8) is 0 Å². The first-order valence-electron chi connectivity index (χ1n) is 5.57. The van der Waals surface area contributed by atoms with Crippen LogP contribution in [-0.2, 0) is 10.0 Å². The minimum absolute atomic E-state index is 0.213. The van der Waals surface area contributed by atoms with Gasteiger partial charge in [-0.25, -0.2) is 13.6 Å². The van der Waals surface area contributed by atoms with Crippen LogP contribution in [0.3, 0.4) is 0 Å². The van der Waals surface area contributed by atoms with Gasteiger partial charge >= 0.3 is 0 Å². The van der Waals surface area contributed by atoms with Gasteiger partial charge in [0, 0.05) is 17.3 Å². The smallest absolute Gasteiger partial charge is 0.247 e. The van der Waals surface area contributed by atoms with E-state index in [-0.39, 0.29) is 4.21 Å². The van der Waals surface area contributed by atoms with E-state index in [2.05, 4.69) is 18.8 Å². The predicted molar refractivity (Wildman–Crippen MR) is 70.0 cm³/mol. The van der Waals surface area contributed by atoms with Gasteiger partial charge in [-0.3, -0.25) is 4.99 Å². The maximum Gasteiger partial charge on any atom is 0.247 e. The van der Waals surface area contributed by atoms with Crippen LogP contribution in [0.2, 0.25) is 0 Å². The number of aliphatic imine (C=N–C) groups is 1. The van der Waals surface area contributed by atoms with Gasteiger partial charge in [0.1, 0.15) is 4.21 Å². The lowest BCUT2D eigenvalue weighted by Gasteiger charge is -2.15. The van der Waals surface area contributed by atoms with E-state index in [9.17, 15) is 8.42 Å². The zero-order chi connectivity index (χ0) is 12.6. The summed E-state index contributed by atoms with van der Waals surface area (Å²) < 4.78 is 22.7. The van der Waals surface area contributed by atoms with Gasteiger partial charge in [-0.2, -0.15) is 0 Å². The van der Waals surface area contributed by atoms with Gasteiger partial charge in [0.15, 0.2) is 0 Å². The van der Waals surface area contributed by atoms with E-state index in [0.29, 0.717) is 11.8 Å². The van der Waals surface area contributed by atoms with Crippen molar-refractivity contribution < 1.29 is 8.42 Å². The number of rotatable bonds is 3. The molecule has 0 aromatic carbocycles. The lowest BCUT2D eigenvalue weighted by molar-refractivity contribution is 0.492. The Hall–Kier alpha value is -0.720. The van der Waals surface area contributed by atoms with Crippen LogP contribution in [0.4, 0.5) is 0 Å². The minimum Gasteiger partial charge on any atom is -0.288 e. The molecule has 0 radical (unpaired) electrons. The van der Waals surface area contributed by atoms with Crippen LogP contribution in [0.5, 0.6) is 0 Å². The average molecular weight is 272 g/mol. The Labute approximate surface area is 106 Å². The Morgan fingerprint density at radius 3 is 2.71 bits per heavy atom. The van der Waals surface area contributed by atoms with Gasteiger partial charge in [-0.15, -0.1) is 11.3 Å². The molecule has 4 nitrogen and oxygen atoms in total. The van der Waals surface area contributed by atoms with Crippen LogP contribution in [0, 0.1) is 11.8 Å². The summed E-state index contributed by atoms with van der Waals surface area (Å²) in [4.78, 5) is 5.43. The maximum atomic E-state index is 11.2. The van der Waals surface area contributed by atoms with Gasteiger partial charge in [0.25, 0.3) is 0 Å². The fourth-order valence-electron chi connectivity index (χ4n) is 2.10. The Bertz CT molecular complexity index is 544. The SMILES string of the molecule is CC(C)[C@@H]1CCN=C1c1ccc(S(N)(=O)=O)s1. The summed E-state index contributed by atoms with van der Waals surface area (Å²) >= 11 is 1.21. The molecule has 0 amide bonds. The van der Waals surface area contributed by atoms with Crippen molar-refractivity contribution in [2.75, 3.05) is 6.54 Å². The molecule has 0 saturated heterocycles. The lowest BCUT2D eigenvalue weighted by atomic mass is 9.89. The maximum absolute atomic E-state index is 11.2. The highest BCUT2D eigenvalue weighted by atomic mass is 32.2. The second kappa shape index (κ2) is 4.51. The highest BCUT2D eigenvalue weighted by Gasteiger charge is 2.27. The summed E-state index contributed by atoms with van der Waals surface area (Å²) in [6.45, 7) is 5.17. The first-order valence-corrected chi connectivity index (χ1v) is 7.93. The van der Waals surface area contributed by atoms with Crippen molar-refractivity contribution in [2.45, 2.75) is 24.5 Å². The first-order chi connectivity index (χ1) is 7.89. The van der Waals surface area contributed by atoms with E-state index in [1.54, 1.807) is 6.07 Å². The fraction of sp³-hybridized carbons (Fsp3) is 0.545. The molecule has 2 heterocycles. The van der Waals surface area contributed by atoms with Gasteiger partial charge in [0.2, 0.25) is 10.0 Å². The van der Waals surface area contributed by atoms with E-state index in [4.69, 9.17) is 5.14 Å². The molecule has 1 aliphatic rings. The number of hydrogen-bond acceptors (Lipinski definition) is 4. The van der Waals surface area contributed by atoms with E-state index >= 15 is 0 Å². The van der Waals surface area contributed by atoms with Crippen LogP contribution >= 0.6 is 11.3 Å². The number of nitrogens with two attached hydrogens (primary N) is 1. The Kier molecular flexibility index (Phi) is 3.38. The minimum atomic E-state index is -3.59. The van der Waals surface area contributed by atoms with Gasteiger partial charge in [-0.1, -0.05) is 13.8 Å². The molecule has 0 bridgehead atoms. The summed E-state index contributed by atoms with van der Waals surface area (Å²) in [5, 5.41) is 5.11. The van der Waals surface area contributed by atoms with E-state index < -0.39 is 10.0 Å². The summed E-state index contributed by atoms with van der Waals surface area (Å²) in [7, 11) is -3.59. The molecule has 94 valence electrons. The molecule has 6 heteroatoms. The van der Waals surface area contributed by atoms with Gasteiger partial charge < -0.3 is 0 Å². The molecular formula is C11H16N2O2S2. The van der Waals surface area contributed by atoms with E-state index in [1.165, 1.54) is 11.3 Å². The summed E-state index contributed by atoms with van der Waals surface area (Å²) in [5.41, 5.74) is 1.04. The molecule has 17 heavy (non-hydrogen) atoms. The zero-order valence-electron chi connectivity index (χ0n) is 9.88. The highest BCUT2D eigenvalue weighted by Crippen LogP contribution is 2.31. The lowest BCUT2D eigenvalue weighted by Crippen LogP contribution is -2.16. The molecule has 1 aromatic heterocycles. The normalized spacial score (nSPS) is 20.9. The molecular weight excluding hydrogens is 256 g/mol. The summed E-state index contributed by atoms with van der Waals surface area (Å²) in [6.07, 6.45) is 1.05. The quantitative estimate of drug-likeness (QED) is 0.912. The Morgan fingerprint density at radius 2 is 2.18 bits per heavy atom. The van der Waals surface area contributed by atoms with Crippen LogP contribution < -0.4 is 5.14 Å². The fourth-order valence-corrected chi connectivity index (χ4v) is 3.90. The van der Waals surface area contributed by atoms with Crippen molar-refractivity contribution in [2.24, 2.45) is 22.0 Å². The third-order valence-electron chi connectivity index (χ3n) is 2.99. The third-order valence-corrected chi connectivity index (χ3v) is 5.54. The largest absolute Gasteiger partial charge is 0.288 e. The number of primary sulfonamides is 1. The molecule has 0 fully saturated rings. The second-order valence-corrected chi connectivity index (χ2v) is 7.44. The molecule has 0 aliphatic carbocycles. The molecule has 1 atom stereocenters. The molecule has 2 rings (SSSR count). The Balaban J connectivity index is 2.33. The van der Waals surface area contributed by atoms with Crippen molar-refractivity contribution >= 4 is 27.1 Å². The third kappa shape index (κ3) is 2.59. The van der Waals surface area contributed by atoms with Crippen molar-refractivity contribution in [1.29, 1.82) is 0 Å². The number of sulfonamides is 1. The van der Waals surface area contributed by atoms with Crippen LogP contribution in [0.25, 0.3) is 0 Å².